The van der Waals surface area contributed by atoms with Crippen molar-refractivity contribution in [1.29, 1.82) is 0 Å². The first kappa shape index (κ1) is 31.4. The molecule has 230 valence electrons. The number of nitrogens with zero attached hydrogens (tertiary/aromatic N) is 4. The van der Waals surface area contributed by atoms with Gasteiger partial charge < -0.3 is 19.7 Å². The fourth-order valence-electron chi connectivity index (χ4n) is 5.11. The number of rotatable bonds is 10. The largest absolute Gasteiger partial charge is 0.497 e. The summed E-state index contributed by atoms with van der Waals surface area (Å²) in [4.78, 5) is 30.8. The van der Waals surface area contributed by atoms with Gasteiger partial charge in [0.1, 0.15) is 23.9 Å². The van der Waals surface area contributed by atoms with E-state index in [2.05, 4.69) is 5.32 Å². The second-order valence-corrected chi connectivity index (χ2v) is 12.3. The van der Waals surface area contributed by atoms with Crippen LogP contribution < -0.4 is 19.7 Å². The number of nitrogens with one attached hydrogen (secondary N) is 1. The number of aromatic nitrogens is 2. The average molecular weight is 634 g/mol. The van der Waals surface area contributed by atoms with Crippen LogP contribution >= 0.6 is 23.4 Å². The molecule has 1 aliphatic heterocycles. The van der Waals surface area contributed by atoms with Gasteiger partial charge in [-0.1, -0.05) is 41.4 Å². The van der Waals surface area contributed by atoms with Crippen LogP contribution in [0.1, 0.15) is 21.9 Å². The summed E-state index contributed by atoms with van der Waals surface area (Å²) in [6.07, 6.45) is 0. The SMILES string of the molecule is COc1ccc(OC)c([C@H]2SCC(=O)N(CC(=O)NCCN(C)C)c3c2c(-c2ccc(Cl)cc2)nn3-c2ccc(C)cc2)c1. The molecule has 0 radical (unpaired) electrons. The van der Waals surface area contributed by atoms with Crippen molar-refractivity contribution in [3.8, 4) is 28.4 Å². The normalized spacial score (nSPS) is 14.8. The molecule has 0 saturated heterocycles. The Balaban J connectivity index is 1.77. The topological polar surface area (TPSA) is 88.9 Å². The van der Waals surface area contributed by atoms with Gasteiger partial charge in [0.05, 0.1) is 36.6 Å². The van der Waals surface area contributed by atoms with E-state index in [0.29, 0.717) is 41.1 Å². The van der Waals surface area contributed by atoms with Crippen molar-refractivity contribution in [2.24, 2.45) is 0 Å². The molecule has 5 rings (SSSR count). The summed E-state index contributed by atoms with van der Waals surface area (Å²) in [5.41, 5.74) is 4.98. The van der Waals surface area contributed by atoms with Crippen LogP contribution in [0.3, 0.4) is 0 Å². The minimum Gasteiger partial charge on any atom is -0.497 e. The van der Waals surface area contributed by atoms with Crippen molar-refractivity contribution in [3.63, 3.8) is 0 Å². The van der Waals surface area contributed by atoms with Crippen LogP contribution in [-0.4, -0.2) is 80.2 Å². The lowest BCUT2D eigenvalue weighted by molar-refractivity contribution is -0.122. The van der Waals surface area contributed by atoms with Crippen LogP contribution in [-0.2, 0) is 9.59 Å². The Hall–Kier alpha value is -3.99. The first-order valence-corrected chi connectivity index (χ1v) is 15.6. The van der Waals surface area contributed by atoms with Crippen LogP contribution in [0, 0.1) is 6.92 Å². The molecular weight excluding hydrogens is 598 g/mol. The third-order valence-corrected chi connectivity index (χ3v) is 8.88. The van der Waals surface area contributed by atoms with E-state index in [1.165, 1.54) is 11.8 Å². The summed E-state index contributed by atoms with van der Waals surface area (Å²) < 4.78 is 13.2. The van der Waals surface area contributed by atoms with Crippen LogP contribution in [0.5, 0.6) is 11.5 Å². The number of fused-ring (bicyclic) bond motifs is 1. The molecule has 1 atom stereocenters. The molecule has 11 heteroatoms. The summed E-state index contributed by atoms with van der Waals surface area (Å²) >= 11 is 7.75. The summed E-state index contributed by atoms with van der Waals surface area (Å²) in [5.74, 6) is 1.54. The number of thioether (sulfide) groups is 1. The molecule has 1 aliphatic rings. The fourth-order valence-corrected chi connectivity index (χ4v) is 6.45. The third kappa shape index (κ3) is 6.72. The van der Waals surface area contributed by atoms with Gasteiger partial charge in [-0.15, -0.1) is 11.8 Å². The highest BCUT2D eigenvalue weighted by Crippen LogP contribution is 2.51. The molecule has 0 fully saturated rings. The van der Waals surface area contributed by atoms with Gasteiger partial charge in [-0.3, -0.25) is 14.5 Å². The van der Waals surface area contributed by atoms with Gasteiger partial charge >= 0.3 is 0 Å². The van der Waals surface area contributed by atoms with Gasteiger partial charge in [-0.2, -0.15) is 5.10 Å². The zero-order valence-electron chi connectivity index (χ0n) is 25.5. The molecule has 0 aliphatic carbocycles. The van der Waals surface area contributed by atoms with Crippen molar-refractivity contribution in [3.05, 3.63) is 88.4 Å². The monoisotopic (exact) mass is 633 g/mol. The minimum atomic E-state index is -0.384. The van der Waals surface area contributed by atoms with Crippen LogP contribution in [0.15, 0.2) is 66.7 Å². The van der Waals surface area contributed by atoms with E-state index in [9.17, 15) is 9.59 Å². The number of anilines is 1. The number of halogens is 1. The van der Waals surface area contributed by atoms with E-state index in [1.54, 1.807) is 23.8 Å². The van der Waals surface area contributed by atoms with Crippen LogP contribution in [0.25, 0.3) is 16.9 Å². The molecule has 0 saturated carbocycles. The third-order valence-electron chi connectivity index (χ3n) is 7.39. The Morgan fingerprint density at radius 2 is 1.80 bits per heavy atom. The minimum absolute atomic E-state index is 0.138. The van der Waals surface area contributed by atoms with E-state index in [4.69, 9.17) is 26.2 Å². The van der Waals surface area contributed by atoms with Gasteiger partial charge in [-0.25, -0.2) is 4.68 Å². The quantitative estimate of drug-likeness (QED) is 0.251. The molecule has 1 aromatic heterocycles. The molecule has 2 heterocycles. The summed E-state index contributed by atoms with van der Waals surface area (Å²) in [6.45, 7) is 3.01. The molecular formula is C33H36ClN5O4S. The Bertz CT molecular complexity index is 1640. The second kappa shape index (κ2) is 13.8. The fraction of sp³-hybridized carbons (Fsp3) is 0.303. The first-order valence-electron chi connectivity index (χ1n) is 14.2. The summed E-state index contributed by atoms with van der Waals surface area (Å²) in [5, 5.41) is 8.32. The maximum absolute atomic E-state index is 14.0. The van der Waals surface area contributed by atoms with Crippen molar-refractivity contribution in [1.82, 2.24) is 20.0 Å². The molecule has 0 unspecified atom stereocenters. The highest BCUT2D eigenvalue weighted by atomic mass is 35.5. The number of methoxy groups -OCH3 is 2. The maximum Gasteiger partial charge on any atom is 0.240 e. The number of benzene rings is 3. The van der Waals surface area contributed by atoms with Crippen molar-refractivity contribution in [2.45, 2.75) is 12.2 Å². The highest BCUT2D eigenvalue weighted by Gasteiger charge is 2.38. The van der Waals surface area contributed by atoms with Crippen molar-refractivity contribution < 1.29 is 19.1 Å². The molecule has 2 amide bonds. The van der Waals surface area contributed by atoms with Crippen molar-refractivity contribution >= 4 is 41.0 Å². The van der Waals surface area contributed by atoms with Crippen molar-refractivity contribution in [2.75, 3.05) is 58.6 Å². The zero-order valence-corrected chi connectivity index (χ0v) is 27.0. The number of amides is 2. The Morgan fingerprint density at radius 1 is 1.07 bits per heavy atom. The van der Waals surface area contributed by atoms with Gasteiger partial charge in [0.15, 0.2) is 0 Å². The zero-order chi connectivity index (χ0) is 31.4. The number of ether oxygens (including phenoxy) is 2. The molecule has 0 spiro atoms. The summed E-state index contributed by atoms with van der Waals surface area (Å²) in [6, 6.07) is 21.0. The van der Waals surface area contributed by atoms with Crippen LogP contribution in [0.4, 0.5) is 5.82 Å². The molecule has 9 nitrogen and oxygen atoms in total. The number of hydrogen-bond donors (Lipinski definition) is 1. The van der Waals surface area contributed by atoms with E-state index in [0.717, 1.165) is 27.9 Å². The predicted molar refractivity (Wildman–Crippen MR) is 177 cm³/mol. The Labute approximate surface area is 267 Å². The number of carbonyl (C=O) groups is 2. The van der Waals surface area contributed by atoms with Gasteiger partial charge in [0, 0.05) is 34.8 Å². The average Bonchev–Trinajstić information content (AvgIpc) is 3.33. The number of carbonyl (C=O) groups excluding carboxylic acids is 2. The molecule has 0 bridgehead atoms. The lowest BCUT2D eigenvalue weighted by atomic mass is 9.98. The van der Waals surface area contributed by atoms with Gasteiger partial charge in [-0.05, 0) is 63.5 Å². The predicted octanol–water partition coefficient (Wildman–Crippen LogP) is 5.37. The second-order valence-electron chi connectivity index (χ2n) is 10.8. The number of hydrogen-bond acceptors (Lipinski definition) is 7. The van der Waals surface area contributed by atoms with Gasteiger partial charge in [0.25, 0.3) is 0 Å². The van der Waals surface area contributed by atoms with E-state index >= 15 is 0 Å². The van der Waals surface area contributed by atoms with E-state index in [1.807, 2.05) is 92.6 Å². The lowest BCUT2D eigenvalue weighted by Crippen LogP contribution is -2.43. The standard InChI is InChI=1S/C33H36ClN5O4S/c1-21-6-12-24(13-7-21)39-33-30(31(36-39)22-8-10-23(34)11-9-22)32(26-18-25(42-4)14-15-27(26)43-5)44-20-29(41)38(33)19-28(40)35-16-17-37(2)3/h6-15,18,32H,16-17,19-20H2,1-5H3,(H,35,40)/t32-/m1/s1. The smallest absolute Gasteiger partial charge is 0.240 e. The van der Waals surface area contributed by atoms with Crippen LogP contribution in [0.2, 0.25) is 5.02 Å². The molecule has 1 N–H and O–H groups in total. The maximum atomic E-state index is 14.0. The molecule has 3 aromatic carbocycles. The number of aryl methyl sites for hydroxylation is 1. The summed E-state index contributed by atoms with van der Waals surface area (Å²) in [7, 11) is 7.13. The highest BCUT2D eigenvalue weighted by molar-refractivity contribution is 8.00. The Morgan fingerprint density at radius 3 is 2.45 bits per heavy atom. The molecule has 4 aromatic rings. The number of likely N-dealkylation sites (N-methyl/N-ethyl adjacent to an activating group) is 1. The lowest BCUT2D eigenvalue weighted by Gasteiger charge is -2.24. The molecule has 44 heavy (non-hydrogen) atoms. The first-order chi connectivity index (χ1) is 21.2. The van der Waals surface area contributed by atoms with E-state index < -0.39 is 0 Å². The van der Waals surface area contributed by atoms with Gasteiger partial charge in [0.2, 0.25) is 11.8 Å². The van der Waals surface area contributed by atoms with E-state index in [-0.39, 0.29) is 29.4 Å². The Kier molecular flexibility index (Phi) is 9.83.